The van der Waals surface area contributed by atoms with E-state index < -0.39 is 0 Å². The third-order valence-electron chi connectivity index (χ3n) is 4.87. The molecule has 0 saturated heterocycles. The van der Waals surface area contributed by atoms with Crippen molar-refractivity contribution in [1.82, 2.24) is 14.8 Å². The molecule has 4 aromatic carbocycles. The SMILES string of the molecule is Oc1ccccc1-c1nc(-c2ccccc2O)n(-c2ccc3ccccc3c2)n1. The molecule has 0 spiro atoms. The number of benzene rings is 4. The summed E-state index contributed by atoms with van der Waals surface area (Å²) in [6.45, 7) is 0. The highest BCUT2D eigenvalue weighted by Crippen LogP contribution is 2.33. The number of hydrogen-bond donors (Lipinski definition) is 2. The van der Waals surface area contributed by atoms with Crippen molar-refractivity contribution < 1.29 is 10.2 Å². The zero-order valence-electron chi connectivity index (χ0n) is 15.4. The number of fused-ring (bicyclic) bond motifs is 1. The van der Waals surface area contributed by atoms with Crippen LogP contribution in [0, 0.1) is 0 Å². The molecule has 5 rings (SSSR count). The Morgan fingerprint density at radius 3 is 1.97 bits per heavy atom. The van der Waals surface area contributed by atoms with Crippen LogP contribution in [0.5, 0.6) is 11.5 Å². The van der Waals surface area contributed by atoms with E-state index in [0.717, 1.165) is 16.5 Å². The molecule has 1 heterocycles. The monoisotopic (exact) mass is 379 g/mol. The fourth-order valence-electron chi connectivity index (χ4n) is 3.41. The molecule has 5 nitrogen and oxygen atoms in total. The zero-order chi connectivity index (χ0) is 19.8. The third kappa shape index (κ3) is 2.99. The normalized spacial score (nSPS) is 11.0. The van der Waals surface area contributed by atoms with Crippen LogP contribution >= 0.6 is 0 Å². The second kappa shape index (κ2) is 6.80. The van der Waals surface area contributed by atoms with Crippen molar-refractivity contribution in [3.8, 4) is 40.0 Å². The van der Waals surface area contributed by atoms with Crippen molar-refractivity contribution in [2.24, 2.45) is 0 Å². The van der Waals surface area contributed by atoms with Gasteiger partial charge in [0.25, 0.3) is 0 Å². The smallest absolute Gasteiger partial charge is 0.185 e. The van der Waals surface area contributed by atoms with Crippen LogP contribution in [0.2, 0.25) is 0 Å². The molecule has 0 atom stereocenters. The minimum Gasteiger partial charge on any atom is -0.507 e. The van der Waals surface area contributed by atoms with Gasteiger partial charge in [0.05, 0.1) is 16.8 Å². The van der Waals surface area contributed by atoms with Crippen LogP contribution in [0.4, 0.5) is 0 Å². The van der Waals surface area contributed by atoms with Crippen LogP contribution in [-0.4, -0.2) is 25.0 Å². The molecule has 2 N–H and O–H groups in total. The Labute approximate surface area is 167 Å². The molecule has 29 heavy (non-hydrogen) atoms. The Hall–Kier alpha value is -4.12. The molecule has 0 radical (unpaired) electrons. The maximum atomic E-state index is 10.4. The molecule has 1 aromatic heterocycles. The van der Waals surface area contributed by atoms with Gasteiger partial charge in [-0.15, -0.1) is 5.10 Å². The summed E-state index contributed by atoms with van der Waals surface area (Å²) < 4.78 is 1.70. The summed E-state index contributed by atoms with van der Waals surface area (Å²) in [5.74, 6) is 1.10. The van der Waals surface area contributed by atoms with Gasteiger partial charge < -0.3 is 10.2 Å². The van der Waals surface area contributed by atoms with Gasteiger partial charge in [-0.1, -0.05) is 54.6 Å². The molecule has 0 saturated carbocycles. The molecule has 0 bridgehead atoms. The van der Waals surface area contributed by atoms with E-state index in [-0.39, 0.29) is 11.5 Å². The van der Waals surface area contributed by atoms with Crippen LogP contribution in [0.15, 0.2) is 91.0 Å². The molecule has 140 valence electrons. The fraction of sp³-hybridized carbons (Fsp3) is 0. The fourth-order valence-corrected chi connectivity index (χ4v) is 3.41. The Kier molecular flexibility index (Phi) is 3.99. The molecule has 0 aliphatic rings. The maximum absolute atomic E-state index is 10.4. The van der Waals surface area contributed by atoms with E-state index in [0.29, 0.717) is 22.8 Å². The molecular formula is C24H17N3O2. The summed E-state index contributed by atoms with van der Waals surface area (Å²) in [5.41, 5.74) is 1.91. The quantitative estimate of drug-likeness (QED) is 0.454. The van der Waals surface area contributed by atoms with Crippen molar-refractivity contribution in [2.75, 3.05) is 0 Å². The largest absolute Gasteiger partial charge is 0.507 e. The predicted octanol–water partition coefficient (Wildman–Crippen LogP) is 5.17. The molecule has 0 amide bonds. The lowest BCUT2D eigenvalue weighted by molar-refractivity contribution is 0.476. The summed E-state index contributed by atoms with van der Waals surface area (Å²) in [4.78, 5) is 4.66. The van der Waals surface area contributed by atoms with Crippen molar-refractivity contribution in [3.63, 3.8) is 0 Å². The van der Waals surface area contributed by atoms with E-state index in [1.807, 2.05) is 48.5 Å². The van der Waals surface area contributed by atoms with Gasteiger partial charge in [0, 0.05) is 0 Å². The van der Waals surface area contributed by atoms with Crippen LogP contribution in [0.3, 0.4) is 0 Å². The first-order valence-corrected chi connectivity index (χ1v) is 9.24. The Morgan fingerprint density at radius 1 is 0.621 bits per heavy atom. The highest BCUT2D eigenvalue weighted by atomic mass is 16.3. The number of aromatic nitrogens is 3. The van der Waals surface area contributed by atoms with Gasteiger partial charge in [0.15, 0.2) is 11.6 Å². The van der Waals surface area contributed by atoms with Gasteiger partial charge >= 0.3 is 0 Å². The van der Waals surface area contributed by atoms with Gasteiger partial charge in [0.1, 0.15) is 11.5 Å². The van der Waals surface area contributed by atoms with E-state index in [1.54, 1.807) is 41.1 Å². The van der Waals surface area contributed by atoms with Crippen LogP contribution in [0.1, 0.15) is 0 Å². The maximum Gasteiger partial charge on any atom is 0.185 e. The second-order valence-electron chi connectivity index (χ2n) is 6.74. The van der Waals surface area contributed by atoms with E-state index in [9.17, 15) is 10.2 Å². The number of para-hydroxylation sites is 2. The lowest BCUT2D eigenvalue weighted by Crippen LogP contribution is -2.00. The predicted molar refractivity (Wildman–Crippen MR) is 113 cm³/mol. The van der Waals surface area contributed by atoms with E-state index in [2.05, 4.69) is 16.1 Å². The summed E-state index contributed by atoms with van der Waals surface area (Å²) in [6.07, 6.45) is 0. The van der Waals surface area contributed by atoms with Crippen molar-refractivity contribution >= 4 is 10.8 Å². The summed E-state index contributed by atoms with van der Waals surface area (Å²) in [6, 6.07) is 28.1. The number of aromatic hydroxyl groups is 2. The highest BCUT2D eigenvalue weighted by molar-refractivity contribution is 5.84. The van der Waals surface area contributed by atoms with Crippen molar-refractivity contribution in [2.45, 2.75) is 0 Å². The van der Waals surface area contributed by atoms with Gasteiger partial charge in [0.2, 0.25) is 0 Å². The van der Waals surface area contributed by atoms with Gasteiger partial charge in [-0.3, -0.25) is 0 Å². The van der Waals surface area contributed by atoms with Crippen LogP contribution < -0.4 is 0 Å². The Morgan fingerprint density at radius 2 is 1.24 bits per heavy atom. The van der Waals surface area contributed by atoms with Gasteiger partial charge in [-0.05, 0) is 47.2 Å². The molecular weight excluding hydrogens is 362 g/mol. The first kappa shape index (κ1) is 17.0. The van der Waals surface area contributed by atoms with Crippen molar-refractivity contribution in [1.29, 1.82) is 0 Å². The van der Waals surface area contributed by atoms with E-state index in [1.165, 1.54) is 0 Å². The molecule has 0 fully saturated rings. The molecule has 5 aromatic rings. The first-order chi connectivity index (χ1) is 14.2. The molecule has 0 aliphatic heterocycles. The number of rotatable bonds is 3. The van der Waals surface area contributed by atoms with Gasteiger partial charge in [-0.25, -0.2) is 9.67 Å². The minimum atomic E-state index is 0.104. The van der Waals surface area contributed by atoms with Crippen molar-refractivity contribution in [3.05, 3.63) is 91.0 Å². The molecule has 5 heteroatoms. The Balaban J connectivity index is 1.76. The minimum absolute atomic E-state index is 0.104. The summed E-state index contributed by atoms with van der Waals surface area (Å²) in [7, 11) is 0. The molecule has 0 aliphatic carbocycles. The van der Waals surface area contributed by atoms with E-state index in [4.69, 9.17) is 0 Å². The third-order valence-corrected chi connectivity index (χ3v) is 4.87. The standard InChI is InChI=1S/C24H17N3O2/c28-21-11-5-3-9-19(21)23-25-24(20-10-4-6-12-22(20)29)27(26-23)18-14-13-16-7-1-2-8-17(16)15-18/h1-15,28-29H. The Bertz CT molecular complexity index is 1340. The highest BCUT2D eigenvalue weighted by Gasteiger charge is 2.19. The average molecular weight is 379 g/mol. The van der Waals surface area contributed by atoms with Crippen LogP contribution in [0.25, 0.3) is 39.2 Å². The summed E-state index contributed by atoms with van der Waals surface area (Å²) >= 11 is 0. The number of phenolic OH excluding ortho intramolecular Hbond substituents is 2. The van der Waals surface area contributed by atoms with Crippen LogP contribution in [-0.2, 0) is 0 Å². The topological polar surface area (TPSA) is 71.2 Å². The first-order valence-electron chi connectivity index (χ1n) is 9.24. The number of nitrogens with zero attached hydrogens (tertiary/aromatic N) is 3. The second-order valence-corrected chi connectivity index (χ2v) is 6.74. The van der Waals surface area contributed by atoms with Gasteiger partial charge in [-0.2, -0.15) is 0 Å². The lowest BCUT2D eigenvalue weighted by Gasteiger charge is -2.08. The van der Waals surface area contributed by atoms with E-state index >= 15 is 0 Å². The number of phenols is 2. The average Bonchev–Trinajstić information content (AvgIpc) is 3.19. The lowest BCUT2D eigenvalue weighted by atomic mass is 10.1. The molecule has 0 unspecified atom stereocenters. The zero-order valence-corrected chi connectivity index (χ0v) is 15.4. The summed E-state index contributed by atoms with van der Waals surface area (Å²) in [5, 5.41) is 27.5. The number of hydrogen-bond acceptors (Lipinski definition) is 4.